The van der Waals surface area contributed by atoms with Gasteiger partial charge in [0.2, 0.25) is 0 Å². The van der Waals surface area contributed by atoms with E-state index in [0.29, 0.717) is 6.04 Å². The maximum absolute atomic E-state index is 3.61. The molecule has 0 bridgehead atoms. The summed E-state index contributed by atoms with van der Waals surface area (Å²) in [5, 5.41) is 3.58. The maximum Gasteiger partial charge on any atom is 0.0631 e. The zero-order chi connectivity index (χ0) is 14.3. The summed E-state index contributed by atoms with van der Waals surface area (Å²) in [4.78, 5) is 0. The summed E-state index contributed by atoms with van der Waals surface area (Å²) in [5.41, 5.74) is 1.14. The summed E-state index contributed by atoms with van der Waals surface area (Å²) in [6.07, 6.45) is 7.92. The molecule has 0 fully saturated rings. The van der Waals surface area contributed by atoms with Gasteiger partial charge in [0.15, 0.2) is 0 Å². The summed E-state index contributed by atoms with van der Waals surface area (Å²) in [6, 6.07) is 4.64. The second-order valence-electron chi connectivity index (χ2n) is 4.99. The van der Waals surface area contributed by atoms with Crippen LogP contribution < -0.4 is 5.32 Å². The number of hydrogen-bond acceptors (Lipinski definition) is 1. The maximum atomic E-state index is 3.61. The van der Waals surface area contributed by atoms with Crippen molar-refractivity contribution in [3.8, 4) is 0 Å². The average molecular weight is 456 g/mol. The SMILES string of the molecule is CCCCCCCC(C)Nc1c(Br)cc(Br)cc1Br. The molecule has 0 radical (unpaired) electrons. The standard InChI is InChI=1S/C15H22Br3N/c1-3-4-5-6-7-8-11(2)19-15-13(17)9-12(16)10-14(15)18/h9-11,19H,3-8H2,1-2H3. The second-order valence-corrected chi connectivity index (χ2v) is 7.62. The van der Waals surface area contributed by atoms with Crippen molar-refractivity contribution in [3.05, 3.63) is 25.6 Å². The van der Waals surface area contributed by atoms with Crippen molar-refractivity contribution in [1.82, 2.24) is 0 Å². The van der Waals surface area contributed by atoms with E-state index in [4.69, 9.17) is 0 Å². The average Bonchev–Trinajstić information content (AvgIpc) is 2.33. The minimum absolute atomic E-state index is 0.496. The third-order valence-corrected chi connectivity index (χ3v) is 4.85. The summed E-state index contributed by atoms with van der Waals surface area (Å²) >= 11 is 10.7. The van der Waals surface area contributed by atoms with E-state index in [1.54, 1.807) is 0 Å². The van der Waals surface area contributed by atoms with Crippen LogP contribution in [0.3, 0.4) is 0 Å². The molecule has 1 atom stereocenters. The zero-order valence-electron chi connectivity index (χ0n) is 11.6. The lowest BCUT2D eigenvalue weighted by Gasteiger charge is -2.18. The Labute approximate surface area is 142 Å². The number of rotatable bonds is 8. The molecule has 0 aliphatic rings. The van der Waals surface area contributed by atoms with Crippen LogP contribution in [0.1, 0.15) is 52.4 Å². The quantitative estimate of drug-likeness (QED) is 0.411. The summed E-state index contributed by atoms with van der Waals surface area (Å²) in [7, 11) is 0. The van der Waals surface area contributed by atoms with E-state index in [1.165, 1.54) is 38.5 Å². The minimum Gasteiger partial charge on any atom is -0.381 e. The first-order valence-electron chi connectivity index (χ1n) is 6.95. The Morgan fingerprint density at radius 1 is 1.00 bits per heavy atom. The van der Waals surface area contributed by atoms with Gasteiger partial charge >= 0.3 is 0 Å². The third-order valence-electron chi connectivity index (χ3n) is 3.14. The van der Waals surface area contributed by atoms with Gasteiger partial charge in [0.25, 0.3) is 0 Å². The molecular weight excluding hydrogens is 434 g/mol. The minimum atomic E-state index is 0.496. The van der Waals surface area contributed by atoms with Crippen LogP contribution in [0.15, 0.2) is 25.6 Å². The van der Waals surface area contributed by atoms with Crippen molar-refractivity contribution in [2.24, 2.45) is 0 Å². The molecule has 1 unspecified atom stereocenters. The molecular formula is C15H22Br3N. The van der Waals surface area contributed by atoms with Crippen LogP contribution in [0.2, 0.25) is 0 Å². The molecule has 0 spiro atoms. The Morgan fingerprint density at radius 2 is 1.58 bits per heavy atom. The van der Waals surface area contributed by atoms with Gasteiger partial charge in [-0.3, -0.25) is 0 Å². The first-order valence-corrected chi connectivity index (χ1v) is 9.33. The van der Waals surface area contributed by atoms with Gasteiger partial charge in [-0.05, 0) is 57.3 Å². The van der Waals surface area contributed by atoms with Crippen molar-refractivity contribution < 1.29 is 0 Å². The number of benzene rings is 1. The molecule has 0 aromatic heterocycles. The Kier molecular flexibility index (Phi) is 8.67. The Hall–Kier alpha value is 0.460. The monoisotopic (exact) mass is 453 g/mol. The lowest BCUT2D eigenvalue weighted by Crippen LogP contribution is -2.15. The Morgan fingerprint density at radius 3 is 2.16 bits per heavy atom. The topological polar surface area (TPSA) is 12.0 Å². The van der Waals surface area contributed by atoms with Gasteiger partial charge in [0.05, 0.1) is 5.69 Å². The highest BCUT2D eigenvalue weighted by molar-refractivity contribution is 9.11. The third kappa shape index (κ3) is 6.63. The molecule has 4 heteroatoms. The van der Waals surface area contributed by atoms with Crippen LogP contribution in [0.5, 0.6) is 0 Å². The molecule has 0 saturated heterocycles. The molecule has 108 valence electrons. The van der Waals surface area contributed by atoms with Crippen molar-refractivity contribution in [2.45, 2.75) is 58.4 Å². The van der Waals surface area contributed by atoms with Crippen LogP contribution >= 0.6 is 47.8 Å². The zero-order valence-corrected chi connectivity index (χ0v) is 16.4. The normalized spacial score (nSPS) is 12.5. The first-order chi connectivity index (χ1) is 9.04. The van der Waals surface area contributed by atoms with Crippen LogP contribution in [0, 0.1) is 0 Å². The summed E-state index contributed by atoms with van der Waals surface area (Å²) < 4.78 is 3.25. The van der Waals surface area contributed by atoms with Crippen molar-refractivity contribution in [1.29, 1.82) is 0 Å². The Balaban J connectivity index is 2.42. The van der Waals surface area contributed by atoms with Crippen molar-refractivity contribution in [2.75, 3.05) is 5.32 Å². The van der Waals surface area contributed by atoms with E-state index in [-0.39, 0.29) is 0 Å². The second kappa shape index (κ2) is 9.41. The molecule has 1 nitrogen and oxygen atoms in total. The fourth-order valence-corrected chi connectivity index (χ4v) is 4.54. The molecule has 0 aliphatic carbocycles. The fourth-order valence-electron chi connectivity index (χ4n) is 2.05. The molecule has 0 heterocycles. The van der Waals surface area contributed by atoms with Crippen molar-refractivity contribution >= 4 is 53.5 Å². The summed E-state index contributed by atoms with van der Waals surface area (Å²) in [5.74, 6) is 0. The molecule has 1 rings (SSSR count). The predicted octanol–water partition coefficient (Wildman–Crippen LogP) is 7.14. The van der Waals surface area contributed by atoms with Gasteiger partial charge in [-0.25, -0.2) is 0 Å². The van der Waals surface area contributed by atoms with E-state index in [9.17, 15) is 0 Å². The van der Waals surface area contributed by atoms with Crippen molar-refractivity contribution in [3.63, 3.8) is 0 Å². The summed E-state index contributed by atoms with van der Waals surface area (Å²) in [6.45, 7) is 4.51. The largest absolute Gasteiger partial charge is 0.381 e. The van der Waals surface area contributed by atoms with E-state index in [1.807, 2.05) is 0 Å². The Bertz CT molecular complexity index is 370. The van der Waals surface area contributed by atoms with Gasteiger partial charge in [-0.1, -0.05) is 55.0 Å². The molecule has 0 amide bonds. The van der Waals surface area contributed by atoms with E-state index >= 15 is 0 Å². The first kappa shape index (κ1) is 17.5. The molecule has 1 aromatic rings. The molecule has 0 aliphatic heterocycles. The lowest BCUT2D eigenvalue weighted by atomic mass is 10.1. The van der Waals surface area contributed by atoms with Crippen LogP contribution in [0.4, 0.5) is 5.69 Å². The van der Waals surface area contributed by atoms with Crippen LogP contribution in [0.25, 0.3) is 0 Å². The number of nitrogens with one attached hydrogen (secondary N) is 1. The molecule has 0 saturated carbocycles. The van der Waals surface area contributed by atoms with E-state index in [2.05, 4.69) is 79.1 Å². The van der Waals surface area contributed by atoms with Gasteiger partial charge in [-0.2, -0.15) is 0 Å². The van der Waals surface area contributed by atoms with Gasteiger partial charge < -0.3 is 5.32 Å². The van der Waals surface area contributed by atoms with Gasteiger partial charge in [-0.15, -0.1) is 0 Å². The highest BCUT2D eigenvalue weighted by Gasteiger charge is 2.09. The fraction of sp³-hybridized carbons (Fsp3) is 0.600. The van der Waals surface area contributed by atoms with Crippen LogP contribution in [-0.4, -0.2) is 6.04 Å². The van der Waals surface area contributed by atoms with E-state index < -0.39 is 0 Å². The molecule has 1 N–H and O–H groups in total. The molecule has 19 heavy (non-hydrogen) atoms. The number of unbranched alkanes of at least 4 members (excludes halogenated alkanes) is 4. The number of halogens is 3. The van der Waals surface area contributed by atoms with E-state index in [0.717, 1.165) is 19.1 Å². The predicted molar refractivity (Wildman–Crippen MR) is 96.0 cm³/mol. The van der Waals surface area contributed by atoms with Crippen LogP contribution in [-0.2, 0) is 0 Å². The number of anilines is 1. The van der Waals surface area contributed by atoms with Gasteiger partial charge in [0, 0.05) is 19.5 Å². The number of hydrogen-bond donors (Lipinski definition) is 1. The smallest absolute Gasteiger partial charge is 0.0631 e. The molecule has 1 aromatic carbocycles. The highest BCUT2D eigenvalue weighted by Crippen LogP contribution is 2.35. The highest BCUT2D eigenvalue weighted by atomic mass is 79.9. The van der Waals surface area contributed by atoms with Gasteiger partial charge in [0.1, 0.15) is 0 Å². The lowest BCUT2D eigenvalue weighted by molar-refractivity contribution is 0.578.